The molecule has 0 aliphatic heterocycles. The third-order valence-electron chi connectivity index (χ3n) is 6.39. The van der Waals surface area contributed by atoms with Crippen LogP contribution >= 0.6 is 11.6 Å². The van der Waals surface area contributed by atoms with Crippen molar-refractivity contribution in [3.05, 3.63) is 106 Å². The lowest BCUT2D eigenvalue weighted by Crippen LogP contribution is -2.25. The maximum absolute atomic E-state index is 13.4. The van der Waals surface area contributed by atoms with Gasteiger partial charge < -0.3 is 10.6 Å². The number of nitrogens with one attached hydrogen (secondary N) is 3. The van der Waals surface area contributed by atoms with E-state index in [1.807, 2.05) is 60.7 Å². The number of nitrogens with zero attached hydrogens (tertiary/aromatic N) is 2. The van der Waals surface area contributed by atoms with E-state index in [0.717, 1.165) is 35.0 Å². The van der Waals surface area contributed by atoms with E-state index >= 15 is 0 Å². The number of H-pyrrole nitrogens is 1. The number of fused-ring (bicyclic) bond motifs is 3. The molecule has 36 heavy (non-hydrogen) atoms. The van der Waals surface area contributed by atoms with Crippen molar-refractivity contribution in [3.63, 3.8) is 0 Å². The van der Waals surface area contributed by atoms with Crippen LogP contribution in [0.3, 0.4) is 0 Å². The van der Waals surface area contributed by atoms with E-state index in [0.29, 0.717) is 40.4 Å². The number of ketones is 1. The van der Waals surface area contributed by atoms with Crippen molar-refractivity contribution in [1.29, 1.82) is 0 Å². The van der Waals surface area contributed by atoms with Gasteiger partial charge in [0.15, 0.2) is 11.4 Å². The molecule has 1 amide bonds. The fourth-order valence-electron chi connectivity index (χ4n) is 4.36. The number of halogens is 1. The van der Waals surface area contributed by atoms with Gasteiger partial charge in [0.25, 0.3) is 5.91 Å². The molecule has 0 radical (unpaired) electrons. The molecule has 7 nitrogen and oxygen atoms in total. The van der Waals surface area contributed by atoms with E-state index in [-0.39, 0.29) is 17.7 Å². The highest BCUT2D eigenvalue weighted by Gasteiger charge is 2.24. The summed E-state index contributed by atoms with van der Waals surface area (Å²) in [6.45, 7) is 1.30. The number of amides is 1. The van der Waals surface area contributed by atoms with Gasteiger partial charge in [0, 0.05) is 41.5 Å². The molecule has 0 unspecified atom stereocenters. The van der Waals surface area contributed by atoms with E-state index in [2.05, 4.69) is 20.7 Å². The second-order valence-corrected chi connectivity index (χ2v) is 9.61. The van der Waals surface area contributed by atoms with Crippen molar-refractivity contribution in [1.82, 2.24) is 25.2 Å². The summed E-state index contributed by atoms with van der Waals surface area (Å²) < 4.78 is 1.76. The average molecular weight is 498 g/mol. The molecule has 3 aromatic carbocycles. The number of imidazole rings is 1. The van der Waals surface area contributed by atoms with Crippen molar-refractivity contribution in [2.75, 3.05) is 0 Å². The van der Waals surface area contributed by atoms with Crippen molar-refractivity contribution in [2.45, 2.75) is 32.0 Å². The monoisotopic (exact) mass is 497 g/mol. The minimum atomic E-state index is -0.111. The number of carbonyl (C=O) groups is 2. The largest absolute Gasteiger partial charge is 0.349 e. The summed E-state index contributed by atoms with van der Waals surface area (Å²) in [5.74, 6) is -0.196. The molecule has 0 atom stereocenters. The zero-order valence-corrected chi connectivity index (χ0v) is 20.2. The van der Waals surface area contributed by atoms with Crippen LogP contribution in [0.5, 0.6) is 0 Å². The number of rotatable bonds is 8. The minimum Gasteiger partial charge on any atom is -0.349 e. The van der Waals surface area contributed by atoms with Crippen molar-refractivity contribution in [2.24, 2.45) is 0 Å². The third-order valence-corrected chi connectivity index (χ3v) is 6.62. The summed E-state index contributed by atoms with van der Waals surface area (Å²) in [5.41, 5.74) is 5.78. The fourth-order valence-corrected chi connectivity index (χ4v) is 4.57. The average Bonchev–Trinajstić information content (AvgIpc) is 3.48. The van der Waals surface area contributed by atoms with Gasteiger partial charge in [0.2, 0.25) is 0 Å². The predicted molar refractivity (Wildman–Crippen MR) is 139 cm³/mol. The Bertz CT molecular complexity index is 1620. The molecule has 0 saturated heterocycles. The van der Waals surface area contributed by atoms with E-state index in [1.54, 1.807) is 16.8 Å². The van der Waals surface area contributed by atoms with Crippen LogP contribution in [0.2, 0.25) is 5.02 Å². The van der Waals surface area contributed by atoms with Crippen LogP contribution in [-0.2, 0) is 13.1 Å². The number of benzene rings is 3. The quantitative estimate of drug-likeness (QED) is 0.266. The van der Waals surface area contributed by atoms with Gasteiger partial charge in [-0.2, -0.15) is 0 Å². The number of hydrogen-bond donors (Lipinski definition) is 3. The molecule has 180 valence electrons. The van der Waals surface area contributed by atoms with Crippen LogP contribution in [0.25, 0.3) is 16.7 Å². The Labute approximate surface area is 212 Å². The molecular weight excluding hydrogens is 474 g/mol. The molecule has 0 bridgehead atoms. The van der Waals surface area contributed by atoms with Gasteiger partial charge in [-0.25, -0.2) is 9.50 Å². The van der Waals surface area contributed by atoms with E-state index in [9.17, 15) is 9.59 Å². The van der Waals surface area contributed by atoms with Crippen molar-refractivity contribution in [3.8, 4) is 0 Å². The van der Waals surface area contributed by atoms with Crippen molar-refractivity contribution < 1.29 is 9.59 Å². The first-order chi connectivity index (χ1) is 17.5. The van der Waals surface area contributed by atoms with E-state index in [4.69, 9.17) is 11.6 Å². The van der Waals surface area contributed by atoms with Crippen LogP contribution in [0.4, 0.5) is 0 Å². The molecule has 2 aromatic heterocycles. The smallest absolute Gasteiger partial charge is 0.251 e. The maximum atomic E-state index is 13.4. The first-order valence-electron chi connectivity index (χ1n) is 11.9. The van der Waals surface area contributed by atoms with Gasteiger partial charge in [0.05, 0.1) is 16.6 Å². The third kappa shape index (κ3) is 4.51. The summed E-state index contributed by atoms with van der Waals surface area (Å²) in [7, 11) is 0. The molecule has 8 heteroatoms. The van der Waals surface area contributed by atoms with Gasteiger partial charge in [-0.3, -0.25) is 14.7 Å². The first-order valence-corrected chi connectivity index (χ1v) is 12.3. The number of carbonyl (C=O) groups excluding carboxylic acids is 2. The van der Waals surface area contributed by atoms with Crippen LogP contribution in [-0.4, -0.2) is 32.3 Å². The summed E-state index contributed by atoms with van der Waals surface area (Å²) in [6, 6.07) is 21.0. The Kier molecular flexibility index (Phi) is 5.79. The lowest BCUT2D eigenvalue weighted by Gasteiger charge is -2.07. The molecule has 2 heterocycles. The Morgan fingerprint density at radius 3 is 2.53 bits per heavy atom. The summed E-state index contributed by atoms with van der Waals surface area (Å²) in [6.07, 6.45) is 3.74. The van der Waals surface area contributed by atoms with Crippen molar-refractivity contribution >= 4 is 40.0 Å². The lowest BCUT2D eigenvalue weighted by molar-refractivity contribution is 0.0950. The SMILES string of the molecule is O=C(NC1CC1)c1ccc2nc3c(C(=O)c4cccc(CNCc5cccc(Cl)c5)c4)c[nH]n3c2c1. The minimum absolute atomic E-state index is 0.0852. The van der Waals surface area contributed by atoms with Gasteiger partial charge in [0.1, 0.15) is 0 Å². The Morgan fingerprint density at radius 2 is 1.75 bits per heavy atom. The van der Waals surface area contributed by atoms with Gasteiger partial charge in [-0.05, 0) is 60.4 Å². The van der Waals surface area contributed by atoms with E-state index in [1.165, 1.54) is 0 Å². The molecule has 1 saturated carbocycles. The van der Waals surface area contributed by atoms with E-state index < -0.39 is 0 Å². The van der Waals surface area contributed by atoms with Gasteiger partial charge in [-0.15, -0.1) is 0 Å². The van der Waals surface area contributed by atoms with Gasteiger partial charge >= 0.3 is 0 Å². The topological polar surface area (TPSA) is 91.3 Å². The highest BCUT2D eigenvalue weighted by Crippen LogP contribution is 2.24. The molecule has 1 aliphatic rings. The Hall–Kier alpha value is -3.94. The summed E-state index contributed by atoms with van der Waals surface area (Å²) in [5, 5.41) is 10.2. The molecule has 1 aliphatic carbocycles. The molecule has 0 spiro atoms. The highest BCUT2D eigenvalue weighted by atomic mass is 35.5. The molecule has 3 N–H and O–H groups in total. The Morgan fingerprint density at radius 1 is 0.972 bits per heavy atom. The second-order valence-electron chi connectivity index (χ2n) is 9.17. The zero-order chi connectivity index (χ0) is 24.6. The lowest BCUT2D eigenvalue weighted by atomic mass is 10.0. The molecule has 1 fully saturated rings. The molecule has 6 rings (SSSR count). The van der Waals surface area contributed by atoms with Crippen LogP contribution in [0.15, 0.2) is 72.9 Å². The van der Waals surface area contributed by atoms with Crippen LogP contribution in [0.1, 0.15) is 50.2 Å². The Balaban J connectivity index is 1.22. The highest BCUT2D eigenvalue weighted by molar-refractivity contribution is 6.30. The first kappa shape index (κ1) is 22.5. The number of hydrogen-bond acceptors (Lipinski definition) is 4. The maximum Gasteiger partial charge on any atom is 0.251 e. The zero-order valence-electron chi connectivity index (χ0n) is 19.4. The van der Waals surface area contributed by atoms with Gasteiger partial charge in [-0.1, -0.05) is 41.9 Å². The number of aromatic nitrogens is 3. The standard InChI is InChI=1S/C28H24ClN5O2/c29-21-6-2-4-18(12-21)15-30-14-17-3-1-5-19(11-17)26(35)23-16-31-34-25-13-20(28(36)32-22-8-9-22)7-10-24(25)33-27(23)34/h1-7,10-13,16,22,30-31H,8-9,14-15H2,(H,32,36). The van der Waals surface area contributed by atoms with Crippen LogP contribution < -0.4 is 10.6 Å². The molecular formula is C28H24ClN5O2. The fraction of sp³-hybridized carbons (Fsp3) is 0.179. The normalized spacial score (nSPS) is 13.4. The van der Waals surface area contributed by atoms with Crippen LogP contribution in [0, 0.1) is 0 Å². The number of aromatic amines is 1. The second kappa shape index (κ2) is 9.26. The predicted octanol–water partition coefficient (Wildman–Crippen LogP) is 4.88. The molecule has 5 aromatic rings. The summed E-state index contributed by atoms with van der Waals surface area (Å²) >= 11 is 6.06. The summed E-state index contributed by atoms with van der Waals surface area (Å²) in [4.78, 5) is 30.6.